The molecule has 0 saturated carbocycles. The van der Waals surface area contributed by atoms with Crippen molar-refractivity contribution in [1.82, 2.24) is 0 Å². The van der Waals surface area contributed by atoms with Crippen molar-refractivity contribution in [2.75, 3.05) is 5.75 Å². The van der Waals surface area contributed by atoms with Crippen molar-refractivity contribution in [3.05, 3.63) is 0 Å². The highest BCUT2D eigenvalue weighted by Crippen LogP contribution is 2.34. The van der Waals surface area contributed by atoms with Gasteiger partial charge in [0.2, 0.25) is 0 Å². The summed E-state index contributed by atoms with van der Waals surface area (Å²) in [6, 6.07) is 0. The summed E-state index contributed by atoms with van der Waals surface area (Å²) in [6.07, 6.45) is 7.24. The third-order valence-corrected chi connectivity index (χ3v) is 4.09. The van der Waals surface area contributed by atoms with E-state index in [1.807, 2.05) is 0 Å². The van der Waals surface area contributed by atoms with Gasteiger partial charge in [-0.15, -0.1) is 0 Å². The van der Waals surface area contributed by atoms with Crippen LogP contribution in [0, 0.1) is 5.92 Å². The third-order valence-electron chi connectivity index (χ3n) is 2.71. The van der Waals surface area contributed by atoms with Crippen LogP contribution >= 0.6 is 11.8 Å². The van der Waals surface area contributed by atoms with Gasteiger partial charge in [-0.25, -0.2) is 0 Å². The van der Waals surface area contributed by atoms with Crippen molar-refractivity contribution in [2.45, 2.75) is 51.2 Å². The van der Waals surface area contributed by atoms with Crippen LogP contribution in [0.1, 0.15) is 46.0 Å². The lowest BCUT2D eigenvalue weighted by molar-refractivity contribution is 0.461. The van der Waals surface area contributed by atoms with Crippen molar-refractivity contribution in [2.24, 2.45) is 5.92 Å². The first-order chi connectivity index (χ1) is 5.34. The van der Waals surface area contributed by atoms with E-state index in [0.717, 1.165) is 11.2 Å². The van der Waals surface area contributed by atoms with E-state index in [1.54, 1.807) is 0 Å². The Bertz CT molecular complexity index is 101. The maximum Gasteiger partial charge on any atom is 0.00472 e. The first-order valence-corrected chi connectivity index (χ1v) is 6.01. The molecule has 0 aliphatic carbocycles. The molecule has 66 valence electrons. The van der Waals surface area contributed by atoms with E-state index in [2.05, 4.69) is 25.6 Å². The van der Waals surface area contributed by atoms with E-state index in [4.69, 9.17) is 0 Å². The number of rotatable bonds is 4. The summed E-state index contributed by atoms with van der Waals surface area (Å²) in [5.74, 6) is 2.46. The van der Waals surface area contributed by atoms with E-state index in [9.17, 15) is 0 Å². The topological polar surface area (TPSA) is 0 Å². The minimum Gasteiger partial charge on any atom is -0.159 e. The van der Waals surface area contributed by atoms with Gasteiger partial charge in [0.15, 0.2) is 0 Å². The maximum atomic E-state index is 2.40. The summed E-state index contributed by atoms with van der Waals surface area (Å²) in [5.41, 5.74) is 0. The normalized spacial score (nSPS) is 31.1. The van der Waals surface area contributed by atoms with E-state index in [0.29, 0.717) is 0 Å². The minimum absolute atomic E-state index is 0.951. The zero-order chi connectivity index (χ0) is 8.10. The van der Waals surface area contributed by atoms with Gasteiger partial charge in [0, 0.05) is 5.25 Å². The highest BCUT2D eigenvalue weighted by Gasteiger charge is 2.22. The molecular weight excluding hydrogens is 152 g/mol. The van der Waals surface area contributed by atoms with E-state index in [-0.39, 0.29) is 0 Å². The van der Waals surface area contributed by atoms with E-state index >= 15 is 0 Å². The SMILES string of the molecule is CCCCCC1CCSC1C. The average Bonchev–Trinajstić information content (AvgIpc) is 2.37. The second-order valence-electron chi connectivity index (χ2n) is 3.62. The lowest BCUT2D eigenvalue weighted by Crippen LogP contribution is -2.06. The largest absolute Gasteiger partial charge is 0.159 e. The quantitative estimate of drug-likeness (QED) is 0.583. The molecule has 11 heavy (non-hydrogen) atoms. The van der Waals surface area contributed by atoms with Gasteiger partial charge < -0.3 is 0 Å². The minimum atomic E-state index is 0.951. The highest BCUT2D eigenvalue weighted by atomic mass is 32.2. The lowest BCUT2D eigenvalue weighted by atomic mass is 9.96. The summed E-state index contributed by atoms with van der Waals surface area (Å²) < 4.78 is 0. The Kier molecular flexibility index (Phi) is 4.36. The van der Waals surface area contributed by atoms with Crippen LogP contribution in [0.4, 0.5) is 0 Å². The van der Waals surface area contributed by atoms with Crippen molar-refractivity contribution in [1.29, 1.82) is 0 Å². The summed E-state index contributed by atoms with van der Waals surface area (Å²) in [4.78, 5) is 0. The highest BCUT2D eigenvalue weighted by molar-refractivity contribution is 8.00. The first-order valence-electron chi connectivity index (χ1n) is 4.96. The second kappa shape index (κ2) is 5.08. The smallest absolute Gasteiger partial charge is 0.00472 e. The Morgan fingerprint density at radius 3 is 2.73 bits per heavy atom. The van der Waals surface area contributed by atoms with Crippen LogP contribution in [0.25, 0.3) is 0 Å². The lowest BCUT2D eigenvalue weighted by Gasteiger charge is -2.13. The molecular formula is C10H20S. The summed E-state index contributed by atoms with van der Waals surface area (Å²) >= 11 is 2.16. The standard InChI is InChI=1S/C10H20S/c1-3-4-5-6-10-7-8-11-9(10)2/h9-10H,3-8H2,1-2H3. The summed E-state index contributed by atoms with van der Waals surface area (Å²) in [6.45, 7) is 4.68. The molecule has 1 saturated heterocycles. The van der Waals surface area contributed by atoms with Crippen molar-refractivity contribution in [3.63, 3.8) is 0 Å². The number of hydrogen-bond acceptors (Lipinski definition) is 1. The first kappa shape index (κ1) is 9.44. The van der Waals surface area contributed by atoms with E-state index in [1.165, 1.54) is 37.9 Å². The summed E-state index contributed by atoms with van der Waals surface area (Å²) in [5, 5.41) is 0.951. The predicted molar refractivity (Wildman–Crippen MR) is 54.2 cm³/mol. The van der Waals surface area contributed by atoms with Gasteiger partial charge in [-0.3, -0.25) is 0 Å². The molecule has 0 nitrogen and oxygen atoms in total. The molecule has 1 rings (SSSR count). The molecule has 1 heterocycles. The fourth-order valence-electron chi connectivity index (χ4n) is 1.81. The van der Waals surface area contributed by atoms with Crippen LogP contribution in [0.5, 0.6) is 0 Å². The van der Waals surface area contributed by atoms with Gasteiger partial charge >= 0.3 is 0 Å². The van der Waals surface area contributed by atoms with Gasteiger partial charge in [0.25, 0.3) is 0 Å². The molecule has 1 fully saturated rings. The Labute approximate surface area is 75.1 Å². The van der Waals surface area contributed by atoms with Crippen LogP contribution in [-0.2, 0) is 0 Å². The molecule has 1 heteroatoms. The molecule has 0 bridgehead atoms. The number of thioether (sulfide) groups is 1. The monoisotopic (exact) mass is 172 g/mol. The van der Waals surface area contributed by atoms with Crippen molar-refractivity contribution >= 4 is 11.8 Å². The number of hydrogen-bond donors (Lipinski definition) is 0. The fraction of sp³-hybridized carbons (Fsp3) is 1.00. The Balaban J connectivity index is 2.05. The van der Waals surface area contributed by atoms with Crippen molar-refractivity contribution < 1.29 is 0 Å². The molecule has 0 spiro atoms. The van der Waals surface area contributed by atoms with Gasteiger partial charge in [0.05, 0.1) is 0 Å². The molecule has 0 radical (unpaired) electrons. The van der Waals surface area contributed by atoms with Crippen LogP contribution in [0.15, 0.2) is 0 Å². The van der Waals surface area contributed by atoms with Crippen LogP contribution in [0.2, 0.25) is 0 Å². The second-order valence-corrected chi connectivity index (χ2v) is 5.11. The summed E-state index contributed by atoms with van der Waals surface area (Å²) in [7, 11) is 0. The van der Waals surface area contributed by atoms with Crippen LogP contribution in [-0.4, -0.2) is 11.0 Å². The Morgan fingerprint density at radius 1 is 1.36 bits per heavy atom. The van der Waals surface area contributed by atoms with Crippen LogP contribution < -0.4 is 0 Å². The molecule has 0 N–H and O–H groups in total. The molecule has 0 amide bonds. The predicted octanol–water partition coefficient (Wildman–Crippen LogP) is 3.71. The van der Waals surface area contributed by atoms with Gasteiger partial charge in [-0.05, 0) is 24.5 Å². The maximum absolute atomic E-state index is 2.40. The molecule has 2 unspecified atom stereocenters. The Morgan fingerprint density at radius 2 is 2.18 bits per heavy atom. The number of unbranched alkanes of at least 4 members (excludes halogenated alkanes) is 2. The van der Waals surface area contributed by atoms with Crippen LogP contribution in [0.3, 0.4) is 0 Å². The molecule has 1 aliphatic heterocycles. The zero-order valence-corrected chi connectivity index (χ0v) is 8.62. The molecule has 1 aliphatic rings. The Hall–Kier alpha value is 0.350. The molecule has 2 atom stereocenters. The fourth-order valence-corrected chi connectivity index (χ4v) is 3.17. The molecule has 0 aromatic heterocycles. The average molecular weight is 172 g/mol. The third kappa shape index (κ3) is 3.06. The van der Waals surface area contributed by atoms with Gasteiger partial charge in [-0.1, -0.05) is 33.1 Å². The zero-order valence-electron chi connectivity index (χ0n) is 7.81. The van der Waals surface area contributed by atoms with Gasteiger partial charge in [0.1, 0.15) is 0 Å². The van der Waals surface area contributed by atoms with Gasteiger partial charge in [-0.2, -0.15) is 11.8 Å². The molecule has 0 aromatic rings. The molecule has 0 aromatic carbocycles. The van der Waals surface area contributed by atoms with Crippen molar-refractivity contribution in [3.8, 4) is 0 Å². The van der Waals surface area contributed by atoms with E-state index < -0.39 is 0 Å².